The molecule has 1 aliphatic rings. The predicted molar refractivity (Wildman–Crippen MR) is 120 cm³/mol. The number of hydrogen-bond donors (Lipinski definition) is 2. The molecular formula is C23H20FN7O3. The third kappa shape index (κ3) is 3.70. The summed E-state index contributed by atoms with van der Waals surface area (Å²) in [7, 11) is 1.50. The number of halogens is 1. The van der Waals surface area contributed by atoms with Crippen LogP contribution in [0.3, 0.4) is 0 Å². The Morgan fingerprint density at radius 1 is 1.12 bits per heavy atom. The van der Waals surface area contributed by atoms with Crippen molar-refractivity contribution in [1.29, 1.82) is 0 Å². The molecule has 0 fully saturated rings. The van der Waals surface area contributed by atoms with E-state index in [-0.39, 0.29) is 35.9 Å². The summed E-state index contributed by atoms with van der Waals surface area (Å²) in [6, 6.07) is 11.5. The van der Waals surface area contributed by atoms with Crippen LogP contribution < -0.4 is 10.9 Å². The third-order valence-corrected chi connectivity index (χ3v) is 5.88. The zero-order valence-electron chi connectivity index (χ0n) is 18.2. The summed E-state index contributed by atoms with van der Waals surface area (Å²) in [6.07, 6.45) is 0.307. The first-order valence-electron chi connectivity index (χ1n) is 10.6. The summed E-state index contributed by atoms with van der Waals surface area (Å²) >= 11 is 0. The second-order valence-corrected chi connectivity index (χ2v) is 7.93. The van der Waals surface area contributed by atoms with Crippen LogP contribution >= 0.6 is 0 Å². The Labute approximate surface area is 192 Å². The van der Waals surface area contributed by atoms with E-state index in [1.807, 2.05) is 6.07 Å². The molecule has 4 aromatic rings. The molecule has 0 atom stereocenters. The summed E-state index contributed by atoms with van der Waals surface area (Å²) < 4.78 is 16.3. The zero-order valence-corrected chi connectivity index (χ0v) is 18.2. The maximum absolute atomic E-state index is 14.7. The number of benzene rings is 2. The Bertz CT molecular complexity index is 1490. The number of amides is 2. The minimum Gasteiger partial charge on any atom is -0.352 e. The van der Waals surface area contributed by atoms with Crippen molar-refractivity contribution in [3.63, 3.8) is 0 Å². The first-order valence-corrected chi connectivity index (χ1v) is 10.6. The molecule has 2 aromatic carbocycles. The van der Waals surface area contributed by atoms with Crippen molar-refractivity contribution in [3.05, 3.63) is 87.1 Å². The number of aromatic nitrogens is 5. The van der Waals surface area contributed by atoms with Crippen LogP contribution in [0, 0.1) is 5.82 Å². The van der Waals surface area contributed by atoms with Gasteiger partial charge in [-0.15, -0.1) is 10.2 Å². The highest BCUT2D eigenvalue weighted by Crippen LogP contribution is 2.21. The molecule has 1 aliphatic heterocycles. The molecule has 0 spiro atoms. The molecule has 0 saturated carbocycles. The lowest BCUT2D eigenvalue weighted by atomic mass is 10.0. The van der Waals surface area contributed by atoms with Gasteiger partial charge in [-0.3, -0.25) is 14.4 Å². The summed E-state index contributed by atoms with van der Waals surface area (Å²) in [5.41, 5.74) is 0.946. The van der Waals surface area contributed by atoms with Crippen LogP contribution in [-0.2, 0) is 19.5 Å². The van der Waals surface area contributed by atoms with Crippen LogP contribution in [0.2, 0.25) is 0 Å². The summed E-state index contributed by atoms with van der Waals surface area (Å²) in [5, 5.41) is 18.3. The van der Waals surface area contributed by atoms with Crippen LogP contribution in [0.25, 0.3) is 10.8 Å². The molecular weight excluding hydrogens is 441 g/mol. The van der Waals surface area contributed by atoms with Crippen LogP contribution in [0.1, 0.15) is 38.1 Å². The van der Waals surface area contributed by atoms with Gasteiger partial charge in [-0.05, 0) is 23.8 Å². The molecule has 10 nitrogen and oxygen atoms in total. The van der Waals surface area contributed by atoms with E-state index in [0.717, 1.165) is 0 Å². The third-order valence-electron chi connectivity index (χ3n) is 5.88. The molecule has 11 heteroatoms. The van der Waals surface area contributed by atoms with Crippen molar-refractivity contribution < 1.29 is 14.0 Å². The van der Waals surface area contributed by atoms with Crippen molar-refractivity contribution >= 4 is 22.6 Å². The number of carbonyl (C=O) groups is 2. The molecule has 2 aromatic heterocycles. The molecule has 0 radical (unpaired) electrons. The summed E-state index contributed by atoms with van der Waals surface area (Å²) in [5.74, 6) is -0.835. The van der Waals surface area contributed by atoms with Gasteiger partial charge in [-0.1, -0.05) is 24.3 Å². The minimum absolute atomic E-state index is 0.0641. The van der Waals surface area contributed by atoms with Crippen LogP contribution in [0.15, 0.2) is 47.3 Å². The number of nitrogens with zero attached hydrogens (tertiary/aromatic N) is 5. The number of aromatic amines is 1. The average Bonchev–Trinajstić information content (AvgIpc) is 3.29. The lowest BCUT2D eigenvalue weighted by Gasteiger charge is -2.28. The fraction of sp³-hybridized carbons (Fsp3) is 0.217. The molecule has 0 unspecified atom stereocenters. The summed E-state index contributed by atoms with van der Waals surface area (Å²) in [6.45, 7) is 0.716. The molecule has 2 N–H and O–H groups in total. The molecule has 0 aliphatic carbocycles. The Morgan fingerprint density at radius 3 is 2.71 bits per heavy atom. The van der Waals surface area contributed by atoms with Crippen molar-refractivity contribution in [2.24, 2.45) is 0 Å². The standard InChI is InChI=1S/C23H20FN7O3/c1-25-22(33)20-28-27-19-12-30(8-9-31(19)20)23(34)16-10-13(6-7-17(16)24)11-18-14-4-2-3-5-15(14)21(32)29-26-18/h2-7,10H,8-9,11-12H2,1H3,(H,25,33)(H,29,32). The number of rotatable bonds is 4. The van der Waals surface area contributed by atoms with Gasteiger partial charge in [0.2, 0.25) is 5.82 Å². The van der Waals surface area contributed by atoms with Gasteiger partial charge in [-0.25, -0.2) is 9.49 Å². The Hall–Kier alpha value is -4.41. The highest BCUT2D eigenvalue weighted by molar-refractivity contribution is 5.95. The van der Waals surface area contributed by atoms with E-state index in [1.165, 1.54) is 24.1 Å². The smallest absolute Gasteiger partial charge is 0.288 e. The molecule has 0 saturated heterocycles. The first kappa shape index (κ1) is 21.4. The van der Waals surface area contributed by atoms with Crippen molar-refractivity contribution in [1.82, 2.24) is 35.2 Å². The largest absolute Gasteiger partial charge is 0.352 e. The van der Waals surface area contributed by atoms with Crippen LogP contribution in [0.4, 0.5) is 4.39 Å². The number of nitrogens with one attached hydrogen (secondary N) is 2. The van der Waals surface area contributed by atoms with Gasteiger partial charge in [0.1, 0.15) is 5.82 Å². The molecule has 2 amide bonds. The van der Waals surface area contributed by atoms with Gasteiger partial charge in [0.05, 0.1) is 23.2 Å². The van der Waals surface area contributed by atoms with Gasteiger partial charge in [-0.2, -0.15) is 5.10 Å². The lowest BCUT2D eigenvalue weighted by molar-refractivity contribution is 0.0701. The monoisotopic (exact) mass is 461 g/mol. The Balaban J connectivity index is 1.41. The van der Waals surface area contributed by atoms with Gasteiger partial charge < -0.3 is 14.8 Å². The number of carbonyl (C=O) groups excluding carboxylic acids is 2. The predicted octanol–water partition coefficient (Wildman–Crippen LogP) is 1.26. The van der Waals surface area contributed by atoms with E-state index in [4.69, 9.17) is 0 Å². The quantitative estimate of drug-likeness (QED) is 0.471. The molecule has 3 heterocycles. The zero-order chi connectivity index (χ0) is 23.8. The Morgan fingerprint density at radius 2 is 1.91 bits per heavy atom. The fourth-order valence-corrected chi connectivity index (χ4v) is 4.13. The van der Waals surface area contributed by atoms with E-state index in [0.29, 0.717) is 40.8 Å². The van der Waals surface area contributed by atoms with Gasteiger partial charge in [0.15, 0.2) is 5.82 Å². The van der Waals surface area contributed by atoms with Crippen LogP contribution in [0.5, 0.6) is 0 Å². The van der Waals surface area contributed by atoms with Crippen LogP contribution in [-0.4, -0.2) is 55.3 Å². The van der Waals surface area contributed by atoms with Gasteiger partial charge in [0.25, 0.3) is 17.4 Å². The van der Waals surface area contributed by atoms with Gasteiger partial charge >= 0.3 is 0 Å². The highest BCUT2D eigenvalue weighted by Gasteiger charge is 2.28. The van der Waals surface area contributed by atoms with Crippen molar-refractivity contribution in [2.75, 3.05) is 13.6 Å². The van der Waals surface area contributed by atoms with E-state index in [2.05, 4.69) is 25.7 Å². The minimum atomic E-state index is -0.633. The molecule has 172 valence electrons. The van der Waals surface area contributed by atoms with E-state index >= 15 is 0 Å². The van der Waals surface area contributed by atoms with Crippen molar-refractivity contribution in [2.45, 2.75) is 19.5 Å². The normalized spacial score (nSPS) is 13.1. The molecule has 0 bridgehead atoms. The molecule has 5 rings (SSSR count). The number of hydrogen-bond acceptors (Lipinski definition) is 6. The van der Waals surface area contributed by atoms with E-state index < -0.39 is 11.7 Å². The number of fused-ring (bicyclic) bond motifs is 2. The van der Waals surface area contributed by atoms with E-state index in [9.17, 15) is 18.8 Å². The first-order chi connectivity index (χ1) is 16.5. The molecule has 34 heavy (non-hydrogen) atoms. The SMILES string of the molecule is CNC(=O)c1nnc2n1CCN(C(=O)c1cc(Cc3n[nH]c(=O)c4ccccc34)ccc1F)C2. The fourth-order valence-electron chi connectivity index (χ4n) is 4.13. The number of H-pyrrole nitrogens is 1. The summed E-state index contributed by atoms with van der Waals surface area (Å²) in [4.78, 5) is 38.6. The maximum atomic E-state index is 14.7. The Kier molecular flexibility index (Phi) is 5.36. The topological polar surface area (TPSA) is 126 Å². The van der Waals surface area contributed by atoms with Gasteiger partial charge in [0, 0.05) is 31.9 Å². The second kappa shape index (κ2) is 8.50. The lowest BCUT2D eigenvalue weighted by Crippen LogP contribution is -2.40. The van der Waals surface area contributed by atoms with E-state index in [1.54, 1.807) is 28.8 Å². The maximum Gasteiger partial charge on any atom is 0.288 e. The van der Waals surface area contributed by atoms with Crippen molar-refractivity contribution in [3.8, 4) is 0 Å². The average molecular weight is 461 g/mol. The second-order valence-electron chi connectivity index (χ2n) is 7.93. The highest BCUT2D eigenvalue weighted by atomic mass is 19.1.